The van der Waals surface area contributed by atoms with Crippen molar-refractivity contribution in [2.45, 2.75) is 6.42 Å². The average molecular weight is 291 g/mol. The molecule has 1 heterocycles. The lowest BCUT2D eigenvalue weighted by atomic mass is 10.0. The molecular weight excluding hydrogens is 278 g/mol. The van der Waals surface area contributed by atoms with Crippen LogP contribution in [0.1, 0.15) is 16.8 Å². The number of hydrogen-bond donors (Lipinski definition) is 3. The summed E-state index contributed by atoms with van der Waals surface area (Å²) in [6.07, 6.45) is -0.312. The van der Waals surface area contributed by atoms with Crippen molar-refractivity contribution in [1.29, 1.82) is 0 Å². The maximum Gasteiger partial charge on any atom is 0.339 e. The summed E-state index contributed by atoms with van der Waals surface area (Å²) < 4.78 is 4.61. The molecule has 1 aromatic carbocycles. The standard InChI is InChI=1S/C13H13N3O5/c1-21-13(20)7-4-2-3-5-9(7)14-10(17)6-8-11(18)15-16-12(8)19/h2-5,8H,6H2,1H3,(H,14,17)(H,15,18)(H,16,19). The zero-order valence-corrected chi connectivity index (χ0v) is 11.1. The number of nitrogens with one attached hydrogen (secondary N) is 3. The summed E-state index contributed by atoms with van der Waals surface area (Å²) in [5, 5.41) is 2.49. The Morgan fingerprint density at radius 2 is 1.81 bits per heavy atom. The first-order chi connectivity index (χ1) is 10.0. The summed E-state index contributed by atoms with van der Waals surface area (Å²) in [5.74, 6) is -3.34. The molecule has 0 radical (unpaired) electrons. The number of amides is 3. The van der Waals surface area contributed by atoms with Gasteiger partial charge in [0.05, 0.1) is 18.4 Å². The Bertz CT molecular complexity index is 598. The third-order valence-corrected chi connectivity index (χ3v) is 2.94. The fraction of sp³-hybridized carbons (Fsp3) is 0.231. The van der Waals surface area contributed by atoms with Gasteiger partial charge in [-0.25, -0.2) is 4.79 Å². The number of hydrogen-bond acceptors (Lipinski definition) is 5. The Hall–Kier alpha value is -2.90. The quantitative estimate of drug-likeness (QED) is 0.515. The number of benzene rings is 1. The van der Waals surface area contributed by atoms with Crippen molar-refractivity contribution in [2.24, 2.45) is 5.92 Å². The van der Waals surface area contributed by atoms with Gasteiger partial charge in [0.2, 0.25) is 5.91 Å². The largest absolute Gasteiger partial charge is 0.465 e. The van der Waals surface area contributed by atoms with Gasteiger partial charge in [0, 0.05) is 6.42 Å². The second kappa shape index (κ2) is 6.04. The highest BCUT2D eigenvalue weighted by Gasteiger charge is 2.34. The molecule has 0 unspecified atom stereocenters. The summed E-state index contributed by atoms with van der Waals surface area (Å²) >= 11 is 0. The van der Waals surface area contributed by atoms with Gasteiger partial charge in [0.25, 0.3) is 11.8 Å². The molecule has 0 spiro atoms. The Morgan fingerprint density at radius 3 is 2.43 bits per heavy atom. The van der Waals surface area contributed by atoms with E-state index in [9.17, 15) is 19.2 Å². The molecule has 3 N–H and O–H groups in total. The van der Waals surface area contributed by atoms with Crippen molar-refractivity contribution in [3.8, 4) is 0 Å². The van der Waals surface area contributed by atoms with Gasteiger partial charge in [-0.15, -0.1) is 0 Å². The lowest BCUT2D eigenvalue weighted by molar-refractivity contribution is -0.131. The van der Waals surface area contributed by atoms with E-state index in [4.69, 9.17) is 0 Å². The maximum atomic E-state index is 11.9. The topological polar surface area (TPSA) is 114 Å². The highest BCUT2D eigenvalue weighted by Crippen LogP contribution is 2.17. The van der Waals surface area contributed by atoms with E-state index in [2.05, 4.69) is 20.9 Å². The predicted octanol–water partition coefficient (Wildman–Crippen LogP) is -0.421. The fourth-order valence-corrected chi connectivity index (χ4v) is 1.87. The van der Waals surface area contributed by atoms with E-state index in [1.807, 2.05) is 0 Å². The number of para-hydroxylation sites is 1. The molecule has 1 saturated heterocycles. The minimum Gasteiger partial charge on any atom is -0.465 e. The zero-order chi connectivity index (χ0) is 15.4. The minimum atomic E-state index is -1.07. The van der Waals surface area contributed by atoms with Gasteiger partial charge < -0.3 is 10.1 Å². The molecule has 1 aliphatic heterocycles. The van der Waals surface area contributed by atoms with E-state index in [0.29, 0.717) is 0 Å². The summed E-state index contributed by atoms with van der Waals surface area (Å²) in [7, 11) is 1.23. The number of anilines is 1. The molecule has 1 aromatic rings. The lowest BCUT2D eigenvalue weighted by Crippen LogP contribution is -2.28. The third-order valence-electron chi connectivity index (χ3n) is 2.94. The molecule has 3 amide bonds. The molecule has 2 rings (SSSR count). The molecule has 21 heavy (non-hydrogen) atoms. The van der Waals surface area contributed by atoms with Crippen molar-refractivity contribution < 1.29 is 23.9 Å². The normalized spacial score (nSPS) is 14.3. The van der Waals surface area contributed by atoms with Crippen LogP contribution >= 0.6 is 0 Å². The monoisotopic (exact) mass is 291 g/mol. The first kappa shape index (κ1) is 14.5. The van der Waals surface area contributed by atoms with Gasteiger partial charge in [0.1, 0.15) is 5.92 Å². The van der Waals surface area contributed by atoms with Crippen LogP contribution in [-0.2, 0) is 19.1 Å². The van der Waals surface area contributed by atoms with Crippen molar-refractivity contribution in [3.63, 3.8) is 0 Å². The summed E-state index contributed by atoms with van der Waals surface area (Å²) in [4.78, 5) is 46.2. The number of hydrazine groups is 1. The predicted molar refractivity (Wildman–Crippen MR) is 70.8 cm³/mol. The van der Waals surface area contributed by atoms with Crippen LogP contribution in [0.3, 0.4) is 0 Å². The summed E-state index contributed by atoms with van der Waals surface area (Å²) in [6, 6.07) is 6.28. The molecule has 0 aromatic heterocycles. The number of esters is 1. The molecule has 0 aliphatic carbocycles. The molecule has 8 heteroatoms. The first-order valence-electron chi connectivity index (χ1n) is 6.10. The SMILES string of the molecule is COC(=O)c1ccccc1NC(=O)CC1C(=O)NNC1=O. The van der Waals surface area contributed by atoms with Gasteiger partial charge in [-0.2, -0.15) is 0 Å². The van der Waals surface area contributed by atoms with Gasteiger partial charge >= 0.3 is 5.97 Å². The molecule has 0 bridgehead atoms. The molecule has 1 fully saturated rings. The molecule has 0 saturated carbocycles. The van der Waals surface area contributed by atoms with Gasteiger partial charge in [-0.05, 0) is 12.1 Å². The molecular formula is C13H13N3O5. The van der Waals surface area contributed by atoms with Crippen molar-refractivity contribution in [2.75, 3.05) is 12.4 Å². The molecule has 1 aliphatic rings. The van der Waals surface area contributed by atoms with Crippen LogP contribution in [0.4, 0.5) is 5.69 Å². The number of methoxy groups -OCH3 is 1. The number of carbonyl (C=O) groups is 4. The van der Waals surface area contributed by atoms with Crippen LogP contribution in [0.5, 0.6) is 0 Å². The summed E-state index contributed by atoms with van der Waals surface area (Å²) in [5.41, 5.74) is 4.72. The van der Waals surface area contributed by atoms with Gasteiger partial charge in [0.15, 0.2) is 0 Å². The highest BCUT2D eigenvalue weighted by molar-refractivity contribution is 6.09. The van der Waals surface area contributed by atoms with Crippen LogP contribution in [0.15, 0.2) is 24.3 Å². The maximum absolute atomic E-state index is 11.9. The van der Waals surface area contributed by atoms with E-state index in [0.717, 1.165) is 0 Å². The summed E-state index contributed by atoms with van der Waals surface area (Å²) in [6.45, 7) is 0. The Balaban J connectivity index is 2.08. The van der Waals surface area contributed by atoms with Gasteiger partial charge in [-0.1, -0.05) is 12.1 Å². The second-order valence-electron chi connectivity index (χ2n) is 4.32. The second-order valence-corrected chi connectivity index (χ2v) is 4.32. The highest BCUT2D eigenvalue weighted by atomic mass is 16.5. The fourth-order valence-electron chi connectivity index (χ4n) is 1.87. The van der Waals surface area contributed by atoms with E-state index >= 15 is 0 Å². The zero-order valence-electron chi connectivity index (χ0n) is 11.1. The van der Waals surface area contributed by atoms with Crippen molar-refractivity contribution in [3.05, 3.63) is 29.8 Å². The first-order valence-corrected chi connectivity index (χ1v) is 6.10. The Labute approximate surface area is 119 Å². The van der Waals surface area contributed by atoms with Crippen LogP contribution < -0.4 is 16.2 Å². The molecule has 0 atom stereocenters. The third kappa shape index (κ3) is 3.16. The van der Waals surface area contributed by atoms with Crippen LogP contribution in [0.25, 0.3) is 0 Å². The van der Waals surface area contributed by atoms with E-state index in [-0.39, 0.29) is 17.7 Å². The van der Waals surface area contributed by atoms with E-state index < -0.39 is 29.6 Å². The van der Waals surface area contributed by atoms with Crippen LogP contribution in [-0.4, -0.2) is 30.8 Å². The van der Waals surface area contributed by atoms with Gasteiger partial charge in [-0.3, -0.25) is 25.2 Å². The Morgan fingerprint density at radius 1 is 1.19 bits per heavy atom. The Kier molecular flexibility index (Phi) is 4.17. The van der Waals surface area contributed by atoms with Crippen molar-refractivity contribution in [1.82, 2.24) is 10.9 Å². The average Bonchev–Trinajstić information content (AvgIpc) is 2.79. The lowest BCUT2D eigenvalue weighted by Gasteiger charge is -2.10. The van der Waals surface area contributed by atoms with Crippen LogP contribution in [0.2, 0.25) is 0 Å². The van der Waals surface area contributed by atoms with Crippen molar-refractivity contribution >= 4 is 29.4 Å². The number of ether oxygens (including phenoxy) is 1. The smallest absolute Gasteiger partial charge is 0.339 e. The van der Waals surface area contributed by atoms with E-state index in [1.165, 1.54) is 19.2 Å². The van der Waals surface area contributed by atoms with E-state index in [1.54, 1.807) is 12.1 Å². The minimum absolute atomic E-state index is 0.189. The molecule has 110 valence electrons. The number of carbonyl (C=O) groups excluding carboxylic acids is 4. The van der Waals surface area contributed by atoms with Crippen LogP contribution in [0, 0.1) is 5.92 Å². The number of rotatable bonds is 4. The molecule has 8 nitrogen and oxygen atoms in total.